The quantitative estimate of drug-likeness (QED) is 0.646. The highest BCUT2D eigenvalue weighted by Gasteiger charge is 2.26. The Morgan fingerprint density at radius 1 is 1.29 bits per heavy atom. The first-order chi connectivity index (χ1) is 7.88. The monoisotopic (exact) mass is 266 g/mol. The first-order valence-corrected chi connectivity index (χ1v) is 7.33. The zero-order valence-electron chi connectivity index (χ0n) is 10.6. The number of nitrogens with one attached hydrogen (secondary N) is 1. The number of aliphatic carboxylic acids is 1. The van der Waals surface area contributed by atoms with Crippen LogP contribution in [0.15, 0.2) is 0 Å². The van der Waals surface area contributed by atoms with Crippen molar-refractivity contribution in [3.05, 3.63) is 0 Å². The number of unbranched alkanes of at least 4 members (excludes halogenated alkanes) is 1. The molecule has 0 aromatic rings. The van der Waals surface area contributed by atoms with Crippen molar-refractivity contribution in [1.29, 1.82) is 0 Å². The Bertz CT molecular complexity index is 325. The van der Waals surface area contributed by atoms with Crippen LogP contribution < -0.4 is 4.72 Å². The first kappa shape index (κ1) is 16.3. The van der Waals surface area contributed by atoms with E-state index in [1.54, 1.807) is 13.8 Å². The molecule has 0 aromatic heterocycles. The molecule has 17 heavy (non-hydrogen) atoms. The van der Waals surface area contributed by atoms with Crippen molar-refractivity contribution in [3.8, 4) is 0 Å². The molecule has 1 atom stereocenters. The number of nitrogens with zero attached hydrogens (tertiary/aromatic N) is 1. The zero-order chi connectivity index (χ0) is 13.5. The second kappa shape index (κ2) is 7.62. The van der Waals surface area contributed by atoms with E-state index < -0.39 is 22.2 Å². The molecule has 0 rings (SSSR count). The average Bonchev–Trinajstić information content (AvgIpc) is 2.25. The molecule has 0 spiro atoms. The van der Waals surface area contributed by atoms with Crippen LogP contribution in [0.5, 0.6) is 0 Å². The van der Waals surface area contributed by atoms with Crippen LogP contribution in [-0.2, 0) is 15.0 Å². The second-order valence-corrected chi connectivity index (χ2v) is 5.44. The van der Waals surface area contributed by atoms with Crippen LogP contribution in [0.2, 0.25) is 0 Å². The van der Waals surface area contributed by atoms with Gasteiger partial charge in [-0.25, -0.2) is 0 Å². The summed E-state index contributed by atoms with van der Waals surface area (Å²) in [6.07, 6.45) is 1.82. The summed E-state index contributed by atoms with van der Waals surface area (Å²) in [7, 11) is -3.69. The van der Waals surface area contributed by atoms with Gasteiger partial charge in [0.15, 0.2) is 0 Å². The molecule has 6 nitrogen and oxygen atoms in total. The Hall–Kier alpha value is -0.660. The van der Waals surface area contributed by atoms with E-state index in [1.165, 1.54) is 4.31 Å². The van der Waals surface area contributed by atoms with Gasteiger partial charge < -0.3 is 5.11 Å². The van der Waals surface area contributed by atoms with Gasteiger partial charge in [0, 0.05) is 13.1 Å². The van der Waals surface area contributed by atoms with E-state index in [2.05, 4.69) is 4.72 Å². The van der Waals surface area contributed by atoms with Gasteiger partial charge >= 0.3 is 5.97 Å². The maximum Gasteiger partial charge on any atom is 0.321 e. The number of carboxylic acid groups (broad SMARTS) is 1. The molecule has 0 radical (unpaired) electrons. The minimum atomic E-state index is -3.69. The molecule has 0 saturated heterocycles. The maximum absolute atomic E-state index is 11.8. The normalized spacial score (nSPS) is 13.9. The highest BCUT2D eigenvalue weighted by Crippen LogP contribution is 2.05. The standard InChI is InChI=1S/C10H22N2O4S/c1-4-7-8-9(10(13)14)11-17(15,16)12(5-2)6-3/h9,11H,4-8H2,1-3H3,(H,13,14)/t9-/m0/s1. The summed E-state index contributed by atoms with van der Waals surface area (Å²) in [6, 6.07) is -1.04. The predicted octanol–water partition coefficient (Wildman–Crippen LogP) is 0.806. The van der Waals surface area contributed by atoms with Crippen molar-refractivity contribution in [2.45, 2.75) is 46.1 Å². The van der Waals surface area contributed by atoms with Crippen molar-refractivity contribution in [2.75, 3.05) is 13.1 Å². The van der Waals surface area contributed by atoms with Gasteiger partial charge in [-0.2, -0.15) is 17.4 Å². The Balaban J connectivity index is 4.68. The molecule has 0 aliphatic carbocycles. The summed E-state index contributed by atoms with van der Waals surface area (Å²) in [5.41, 5.74) is 0. The molecule has 0 unspecified atom stereocenters. The molecule has 0 heterocycles. The molecule has 7 heteroatoms. The SMILES string of the molecule is CCCC[C@H](NS(=O)(=O)N(CC)CC)C(=O)O. The molecule has 0 aliphatic heterocycles. The van der Waals surface area contributed by atoms with Crippen molar-refractivity contribution in [2.24, 2.45) is 0 Å². The van der Waals surface area contributed by atoms with Gasteiger partial charge in [0.1, 0.15) is 6.04 Å². The third-order valence-corrected chi connectivity index (χ3v) is 4.26. The molecule has 0 fully saturated rings. The van der Waals surface area contributed by atoms with Crippen LogP contribution in [0, 0.1) is 0 Å². The van der Waals surface area contributed by atoms with Gasteiger partial charge in [0.25, 0.3) is 10.2 Å². The predicted molar refractivity (Wildman–Crippen MR) is 65.9 cm³/mol. The topological polar surface area (TPSA) is 86.7 Å². The van der Waals surface area contributed by atoms with Gasteiger partial charge in [0.05, 0.1) is 0 Å². The lowest BCUT2D eigenvalue weighted by molar-refractivity contribution is -0.139. The van der Waals surface area contributed by atoms with E-state index >= 15 is 0 Å². The van der Waals surface area contributed by atoms with E-state index in [9.17, 15) is 13.2 Å². The summed E-state index contributed by atoms with van der Waals surface area (Å²) >= 11 is 0. The van der Waals surface area contributed by atoms with Gasteiger partial charge in [-0.3, -0.25) is 4.79 Å². The fourth-order valence-corrected chi connectivity index (χ4v) is 2.87. The molecule has 0 bridgehead atoms. The number of hydrogen-bond donors (Lipinski definition) is 2. The van der Waals surface area contributed by atoms with Crippen LogP contribution >= 0.6 is 0 Å². The van der Waals surface area contributed by atoms with Crippen LogP contribution in [0.25, 0.3) is 0 Å². The van der Waals surface area contributed by atoms with Crippen molar-refractivity contribution in [3.63, 3.8) is 0 Å². The molecule has 0 aromatic carbocycles. The van der Waals surface area contributed by atoms with E-state index in [4.69, 9.17) is 5.11 Å². The summed E-state index contributed by atoms with van der Waals surface area (Å²) in [5, 5.41) is 8.94. The molecular formula is C10H22N2O4S. The third-order valence-electron chi connectivity index (χ3n) is 2.48. The fourth-order valence-electron chi connectivity index (χ4n) is 1.46. The number of rotatable bonds is 9. The molecule has 0 saturated carbocycles. The minimum absolute atomic E-state index is 0.312. The number of hydrogen-bond acceptors (Lipinski definition) is 3. The van der Waals surface area contributed by atoms with Crippen LogP contribution in [0.1, 0.15) is 40.0 Å². The van der Waals surface area contributed by atoms with Gasteiger partial charge in [0.2, 0.25) is 0 Å². The minimum Gasteiger partial charge on any atom is -0.480 e. The van der Waals surface area contributed by atoms with Crippen molar-refractivity contribution >= 4 is 16.2 Å². The smallest absolute Gasteiger partial charge is 0.321 e. The lowest BCUT2D eigenvalue weighted by Crippen LogP contribution is -2.48. The molecule has 0 aliphatic rings. The van der Waals surface area contributed by atoms with Crippen LogP contribution in [0.4, 0.5) is 0 Å². The van der Waals surface area contributed by atoms with E-state index in [1.807, 2.05) is 6.92 Å². The van der Waals surface area contributed by atoms with E-state index in [-0.39, 0.29) is 0 Å². The summed E-state index contributed by atoms with van der Waals surface area (Å²) in [4.78, 5) is 10.9. The first-order valence-electron chi connectivity index (χ1n) is 5.89. The lowest BCUT2D eigenvalue weighted by Gasteiger charge is -2.22. The fraction of sp³-hybridized carbons (Fsp3) is 0.900. The Morgan fingerprint density at radius 3 is 2.18 bits per heavy atom. The molecule has 0 amide bonds. The Kier molecular flexibility index (Phi) is 7.33. The highest BCUT2D eigenvalue weighted by molar-refractivity contribution is 7.87. The lowest BCUT2D eigenvalue weighted by atomic mass is 10.1. The summed E-state index contributed by atoms with van der Waals surface area (Å²) in [6.45, 7) is 6.00. The zero-order valence-corrected chi connectivity index (χ0v) is 11.5. The number of carbonyl (C=O) groups is 1. The van der Waals surface area contributed by atoms with Crippen LogP contribution in [0.3, 0.4) is 0 Å². The molecule has 102 valence electrons. The summed E-state index contributed by atoms with van der Waals surface area (Å²) in [5.74, 6) is -1.13. The maximum atomic E-state index is 11.8. The van der Waals surface area contributed by atoms with Gasteiger partial charge in [-0.1, -0.05) is 33.6 Å². The van der Waals surface area contributed by atoms with E-state index in [0.29, 0.717) is 25.9 Å². The second-order valence-electron chi connectivity index (χ2n) is 3.74. The Labute approximate surface area is 103 Å². The van der Waals surface area contributed by atoms with Crippen molar-refractivity contribution in [1.82, 2.24) is 9.03 Å². The highest BCUT2D eigenvalue weighted by atomic mass is 32.2. The third kappa shape index (κ3) is 5.47. The summed E-state index contributed by atoms with van der Waals surface area (Å²) < 4.78 is 27.1. The van der Waals surface area contributed by atoms with Crippen LogP contribution in [-0.4, -0.2) is 42.9 Å². The van der Waals surface area contributed by atoms with Gasteiger partial charge in [-0.05, 0) is 6.42 Å². The van der Waals surface area contributed by atoms with Gasteiger partial charge in [-0.15, -0.1) is 0 Å². The number of carboxylic acids is 1. The largest absolute Gasteiger partial charge is 0.480 e. The Morgan fingerprint density at radius 2 is 1.82 bits per heavy atom. The average molecular weight is 266 g/mol. The molecule has 2 N–H and O–H groups in total. The van der Waals surface area contributed by atoms with Crippen molar-refractivity contribution < 1.29 is 18.3 Å². The molecular weight excluding hydrogens is 244 g/mol. The van der Waals surface area contributed by atoms with E-state index in [0.717, 1.165) is 6.42 Å².